The van der Waals surface area contributed by atoms with Crippen LogP contribution < -0.4 is 15.4 Å². The van der Waals surface area contributed by atoms with Crippen molar-refractivity contribution in [2.45, 2.75) is 18.9 Å². The average Bonchev–Trinajstić information content (AvgIpc) is 3.46. The lowest BCUT2D eigenvalue weighted by Gasteiger charge is -2.10. The van der Waals surface area contributed by atoms with Gasteiger partial charge < -0.3 is 20.1 Å². The van der Waals surface area contributed by atoms with E-state index in [0.29, 0.717) is 41.8 Å². The molecule has 0 saturated heterocycles. The lowest BCUT2D eigenvalue weighted by Crippen LogP contribution is -2.25. The van der Waals surface area contributed by atoms with E-state index in [-0.39, 0.29) is 11.8 Å². The van der Waals surface area contributed by atoms with Crippen LogP contribution >= 0.6 is 0 Å². The van der Waals surface area contributed by atoms with Crippen LogP contribution in [0.1, 0.15) is 33.6 Å². The topological polar surface area (TPSA) is 76.7 Å². The summed E-state index contributed by atoms with van der Waals surface area (Å²) in [5, 5.41) is 5.75. The molecule has 1 aliphatic carbocycles. The summed E-state index contributed by atoms with van der Waals surface area (Å²) in [6.07, 6.45) is 2.07. The zero-order chi connectivity index (χ0) is 18.4. The van der Waals surface area contributed by atoms with Crippen LogP contribution in [-0.4, -0.2) is 38.2 Å². The van der Waals surface area contributed by atoms with Crippen molar-refractivity contribution in [2.75, 3.05) is 25.6 Å². The van der Waals surface area contributed by atoms with Crippen LogP contribution in [0.15, 0.2) is 48.5 Å². The van der Waals surface area contributed by atoms with Gasteiger partial charge in [-0.2, -0.15) is 0 Å². The van der Waals surface area contributed by atoms with E-state index in [0.717, 1.165) is 12.8 Å². The fourth-order valence-electron chi connectivity index (χ4n) is 2.41. The van der Waals surface area contributed by atoms with E-state index < -0.39 is 0 Å². The molecule has 0 atom stereocenters. The monoisotopic (exact) mass is 354 g/mol. The summed E-state index contributed by atoms with van der Waals surface area (Å²) in [4.78, 5) is 24.6. The van der Waals surface area contributed by atoms with Crippen LogP contribution in [0.3, 0.4) is 0 Å². The third kappa shape index (κ3) is 5.07. The lowest BCUT2D eigenvalue weighted by molar-refractivity contribution is 0.0949. The van der Waals surface area contributed by atoms with E-state index in [9.17, 15) is 9.59 Å². The van der Waals surface area contributed by atoms with E-state index in [1.807, 2.05) is 0 Å². The van der Waals surface area contributed by atoms with Gasteiger partial charge in [0.25, 0.3) is 11.8 Å². The normalized spacial score (nSPS) is 13.1. The molecule has 2 amide bonds. The fourth-order valence-corrected chi connectivity index (χ4v) is 2.41. The second kappa shape index (κ2) is 8.49. The molecule has 26 heavy (non-hydrogen) atoms. The minimum Gasteiger partial charge on any atom is -0.491 e. The molecular formula is C20H22N2O4. The highest BCUT2D eigenvalue weighted by Gasteiger charge is 2.23. The van der Waals surface area contributed by atoms with E-state index in [1.165, 1.54) is 0 Å². The third-order valence-corrected chi connectivity index (χ3v) is 3.95. The predicted octanol–water partition coefficient (Wildman–Crippen LogP) is 2.86. The quantitative estimate of drug-likeness (QED) is 0.715. The highest BCUT2D eigenvalue weighted by Crippen LogP contribution is 2.20. The zero-order valence-corrected chi connectivity index (χ0v) is 14.7. The number of benzene rings is 2. The molecular weight excluding hydrogens is 332 g/mol. The summed E-state index contributed by atoms with van der Waals surface area (Å²) in [6.45, 7) is 0.895. The number of hydrogen-bond acceptors (Lipinski definition) is 4. The minimum absolute atomic E-state index is 0.114. The number of ether oxygens (including phenoxy) is 2. The minimum atomic E-state index is -0.262. The van der Waals surface area contributed by atoms with E-state index in [4.69, 9.17) is 9.47 Å². The highest BCUT2D eigenvalue weighted by molar-refractivity contribution is 6.05. The van der Waals surface area contributed by atoms with Crippen molar-refractivity contribution in [3.05, 3.63) is 59.7 Å². The molecule has 136 valence electrons. The van der Waals surface area contributed by atoms with Crippen LogP contribution in [-0.2, 0) is 4.74 Å². The Hall–Kier alpha value is -2.86. The Morgan fingerprint density at radius 2 is 1.73 bits per heavy atom. The van der Waals surface area contributed by atoms with Gasteiger partial charge in [0.2, 0.25) is 0 Å². The number of nitrogens with one attached hydrogen (secondary N) is 2. The Labute approximate surface area is 152 Å². The standard InChI is InChI=1S/C20H22N2O4/c1-25-10-11-26-18-7-3-5-15(13-18)20(24)22-17-6-2-4-14(12-17)19(23)21-16-8-9-16/h2-7,12-13,16H,8-11H2,1H3,(H,21,23)(H,22,24). The molecule has 1 fully saturated rings. The van der Waals surface area contributed by atoms with Crippen molar-refractivity contribution in [3.8, 4) is 5.75 Å². The van der Waals surface area contributed by atoms with E-state index >= 15 is 0 Å². The van der Waals surface area contributed by atoms with Gasteiger partial charge in [-0.05, 0) is 49.2 Å². The van der Waals surface area contributed by atoms with Crippen LogP contribution in [0.5, 0.6) is 5.75 Å². The first-order valence-electron chi connectivity index (χ1n) is 8.60. The number of rotatable bonds is 8. The third-order valence-electron chi connectivity index (χ3n) is 3.95. The maximum Gasteiger partial charge on any atom is 0.255 e. The molecule has 3 rings (SSSR count). The summed E-state index contributed by atoms with van der Waals surface area (Å²) in [5.74, 6) is 0.228. The molecule has 1 saturated carbocycles. The Balaban J connectivity index is 1.64. The van der Waals surface area contributed by atoms with E-state index in [2.05, 4.69) is 10.6 Å². The number of hydrogen-bond donors (Lipinski definition) is 2. The molecule has 6 nitrogen and oxygen atoms in total. The van der Waals surface area contributed by atoms with Gasteiger partial charge in [-0.25, -0.2) is 0 Å². The van der Waals surface area contributed by atoms with Crippen molar-refractivity contribution in [3.63, 3.8) is 0 Å². The van der Waals surface area contributed by atoms with Gasteiger partial charge in [0, 0.05) is 30.0 Å². The Morgan fingerprint density at radius 3 is 2.46 bits per heavy atom. The summed E-state index contributed by atoms with van der Waals surface area (Å²) in [6, 6.07) is 14.1. The molecule has 2 aromatic rings. The lowest BCUT2D eigenvalue weighted by atomic mass is 10.1. The summed E-state index contributed by atoms with van der Waals surface area (Å²) < 4.78 is 10.5. The van der Waals surface area contributed by atoms with Crippen LogP contribution in [0, 0.1) is 0 Å². The van der Waals surface area contributed by atoms with Gasteiger partial charge in [-0.1, -0.05) is 12.1 Å². The van der Waals surface area contributed by atoms with Crippen molar-refractivity contribution in [1.82, 2.24) is 5.32 Å². The maximum atomic E-state index is 12.5. The summed E-state index contributed by atoms with van der Waals surface area (Å²) in [7, 11) is 1.60. The Kier molecular flexibility index (Phi) is 5.86. The first kappa shape index (κ1) is 17.9. The molecule has 0 unspecified atom stereocenters. The number of carbonyl (C=O) groups is 2. The smallest absolute Gasteiger partial charge is 0.255 e. The first-order valence-corrected chi connectivity index (χ1v) is 8.60. The van der Waals surface area contributed by atoms with Crippen molar-refractivity contribution < 1.29 is 19.1 Å². The van der Waals surface area contributed by atoms with Crippen molar-refractivity contribution in [1.29, 1.82) is 0 Å². The second-order valence-corrected chi connectivity index (χ2v) is 6.15. The number of anilines is 1. The summed E-state index contributed by atoms with van der Waals surface area (Å²) >= 11 is 0. The Bertz CT molecular complexity index is 787. The SMILES string of the molecule is COCCOc1cccc(C(=O)Nc2cccc(C(=O)NC3CC3)c2)c1. The molecule has 0 aromatic heterocycles. The fraction of sp³-hybridized carbons (Fsp3) is 0.300. The molecule has 0 bridgehead atoms. The molecule has 0 radical (unpaired) electrons. The zero-order valence-electron chi connectivity index (χ0n) is 14.7. The summed E-state index contributed by atoms with van der Waals surface area (Å²) in [5.41, 5.74) is 1.59. The highest BCUT2D eigenvalue weighted by atomic mass is 16.5. The average molecular weight is 354 g/mol. The Morgan fingerprint density at radius 1 is 1.00 bits per heavy atom. The molecule has 2 aromatic carbocycles. The van der Waals surface area contributed by atoms with Gasteiger partial charge in [0.1, 0.15) is 12.4 Å². The van der Waals surface area contributed by atoms with Crippen LogP contribution in [0.4, 0.5) is 5.69 Å². The number of amides is 2. The van der Waals surface area contributed by atoms with E-state index in [1.54, 1.807) is 55.6 Å². The largest absolute Gasteiger partial charge is 0.491 e. The number of methoxy groups -OCH3 is 1. The van der Waals surface area contributed by atoms with Gasteiger partial charge in [-0.3, -0.25) is 9.59 Å². The molecule has 0 heterocycles. The van der Waals surface area contributed by atoms with Gasteiger partial charge in [0.15, 0.2) is 0 Å². The molecule has 1 aliphatic rings. The first-order chi connectivity index (χ1) is 12.7. The molecule has 0 spiro atoms. The van der Waals surface area contributed by atoms with Crippen LogP contribution in [0.25, 0.3) is 0 Å². The maximum absolute atomic E-state index is 12.5. The molecule has 0 aliphatic heterocycles. The van der Waals surface area contributed by atoms with Crippen LogP contribution in [0.2, 0.25) is 0 Å². The van der Waals surface area contributed by atoms with Gasteiger partial charge in [0.05, 0.1) is 6.61 Å². The second-order valence-electron chi connectivity index (χ2n) is 6.15. The molecule has 2 N–H and O–H groups in total. The number of carbonyl (C=O) groups excluding carboxylic acids is 2. The predicted molar refractivity (Wildman–Crippen MR) is 98.7 cm³/mol. The van der Waals surface area contributed by atoms with Crippen molar-refractivity contribution >= 4 is 17.5 Å². The molecule has 6 heteroatoms. The van der Waals surface area contributed by atoms with Gasteiger partial charge in [-0.15, -0.1) is 0 Å². The van der Waals surface area contributed by atoms with Crippen molar-refractivity contribution in [2.24, 2.45) is 0 Å². The van der Waals surface area contributed by atoms with Gasteiger partial charge >= 0.3 is 0 Å².